The van der Waals surface area contributed by atoms with Gasteiger partial charge in [0.2, 0.25) is 0 Å². The summed E-state index contributed by atoms with van der Waals surface area (Å²) in [6, 6.07) is 16.2. The first-order valence-corrected chi connectivity index (χ1v) is 12.1. The summed E-state index contributed by atoms with van der Waals surface area (Å²) in [6.07, 6.45) is 1.45. The molecule has 0 bridgehead atoms. The molecule has 5 rings (SSSR count). The summed E-state index contributed by atoms with van der Waals surface area (Å²) in [7, 11) is -0.956. The molecule has 9 nitrogen and oxygen atoms in total. The highest BCUT2D eigenvalue weighted by molar-refractivity contribution is 7.89. The molecule has 2 aromatic carbocycles. The van der Waals surface area contributed by atoms with Gasteiger partial charge < -0.3 is 4.90 Å². The summed E-state index contributed by atoms with van der Waals surface area (Å²) < 4.78 is 29.9. The largest absolute Gasteiger partial charge is 0.348 e. The van der Waals surface area contributed by atoms with Crippen molar-refractivity contribution in [2.45, 2.75) is 24.9 Å². The van der Waals surface area contributed by atoms with E-state index >= 15 is 0 Å². The minimum absolute atomic E-state index is 0.104. The first kappa shape index (κ1) is 21.9. The van der Waals surface area contributed by atoms with Crippen molar-refractivity contribution >= 4 is 15.8 Å². The Balaban J connectivity index is 1.71. The molecule has 0 fully saturated rings. The molecule has 4 aromatic rings. The molecule has 0 N–H and O–H groups in total. The lowest BCUT2D eigenvalue weighted by atomic mass is 10.0. The van der Waals surface area contributed by atoms with Crippen molar-refractivity contribution in [3.63, 3.8) is 0 Å². The highest BCUT2D eigenvalue weighted by Crippen LogP contribution is 2.36. The van der Waals surface area contributed by atoms with E-state index in [1.54, 1.807) is 19.2 Å². The van der Waals surface area contributed by atoms with Crippen molar-refractivity contribution in [3.05, 3.63) is 98.3 Å². The van der Waals surface area contributed by atoms with Gasteiger partial charge in [0.05, 0.1) is 4.90 Å². The van der Waals surface area contributed by atoms with Crippen LogP contribution < -0.4 is 16.1 Å². The maximum Gasteiger partial charge on any atom is 0.332 e. The van der Waals surface area contributed by atoms with Crippen molar-refractivity contribution in [2.24, 2.45) is 14.1 Å². The van der Waals surface area contributed by atoms with Gasteiger partial charge in [-0.15, -0.1) is 0 Å². The molecule has 3 heterocycles. The molecule has 10 heteroatoms. The third kappa shape index (κ3) is 3.38. The Hall–Kier alpha value is -3.92. The number of fused-ring (bicyclic) bond motifs is 3. The monoisotopic (exact) mass is 477 g/mol. The quantitative estimate of drug-likeness (QED) is 0.446. The topological polar surface area (TPSA) is 99.2 Å². The molecule has 1 aliphatic heterocycles. The van der Waals surface area contributed by atoms with Gasteiger partial charge in [0.15, 0.2) is 0 Å². The lowest BCUT2D eigenvalue weighted by Crippen LogP contribution is -2.43. The van der Waals surface area contributed by atoms with Gasteiger partial charge in [-0.2, -0.15) is 17.6 Å². The molecular formula is C24H23N5O4S. The van der Waals surface area contributed by atoms with E-state index in [0.29, 0.717) is 24.5 Å². The van der Waals surface area contributed by atoms with Crippen molar-refractivity contribution in [3.8, 4) is 11.3 Å². The first-order valence-electron chi connectivity index (χ1n) is 10.7. The van der Waals surface area contributed by atoms with Crippen LogP contribution in [0.1, 0.15) is 16.7 Å². The summed E-state index contributed by atoms with van der Waals surface area (Å²) in [5.41, 5.74) is 2.02. The summed E-state index contributed by atoms with van der Waals surface area (Å²) >= 11 is 0. The van der Waals surface area contributed by atoms with Crippen LogP contribution in [0.5, 0.6) is 0 Å². The third-order valence-electron chi connectivity index (χ3n) is 6.08. The van der Waals surface area contributed by atoms with Gasteiger partial charge in [0.25, 0.3) is 15.6 Å². The fourth-order valence-electron chi connectivity index (χ4n) is 4.28. The van der Waals surface area contributed by atoms with Gasteiger partial charge >= 0.3 is 5.69 Å². The number of hydrogen-bond acceptors (Lipinski definition) is 6. The zero-order valence-electron chi connectivity index (χ0n) is 19.0. The number of hydrogen-bond donors (Lipinski definition) is 0. The Morgan fingerprint density at radius 3 is 2.29 bits per heavy atom. The number of nitrogens with zero attached hydrogens (tertiary/aromatic N) is 5. The van der Waals surface area contributed by atoms with Gasteiger partial charge in [0.1, 0.15) is 17.1 Å². The van der Waals surface area contributed by atoms with Crippen LogP contribution in [0.4, 0.5) is 5.82 Å². The van der Waals surface area contributed by atoms with Crippen LogP contribution in [0.2, 0.25) is 0 Å². The standard InChI is InChI=1S/C24H23N5O4S/c1-16-9-11-19(12-10-16)34(32,33)29-15-18-14-28(13-17-7-5-4-6-8-17)22-20(21(18)25-29)23(30)27(3)24(31)26(22)2/h4-12,15H,13-14H2,1-3H3. The Bertz CT molecular complexity index is 1630. The number of aryl methyl sites for hydroxylation is 1. The molecule has 0 saturated heterocycles. The molecule has 0 aliphatic carbocycles. The minimum Gasteiger partial charge on any atom is -0.348 e. The second-order valence-corrected chi connectivity index (χ2v) is 10.2. The van der Waals surface area contributed by atoms with Crippen LogP contribution in [0.15, 0.2) is 75.3 Å². The van der Waals surface area contributed by atoms with E-state index < -0.39 is 21.3 Å². The van der Waals surface area contributed by atoms with E-state index in [4.69, 9.17) is 0 Å². The van der Waals surface area contributed by atoms with Crippen LogP contribution in [0, 0.1) is 6.92 Å². The van der Waals surface area contributed by atoms with Gasteiger partial charge in [-0.3, -0.25) is 13.9 Å². The highest BCUT2D eigenvalue weighted by atomic mass is 32.2. The van der Waals surface area contributed by atoms with Crippen LogP contribution in [0.3, 0.4) is 0 Å². The maximum atomic E-state index is 13.3. The minimum atomic E-state index is -3.96. The molecule has 0 radical (unpaired) electrons. The second-order valence-electron chi connectivity index (χ2n) is 8.44. The molecule has 0 spiro atoms. The molecule has 0 unspecified atom stereocenters. The van der Waals surface area contributed by atoms with Gasteiger partial charge in [-0.05, 0) is 24.6 Å². The smallest absolute Gasteiger partial charge is 0.332 e. The summed E-state index contributed by atoms with van der Waals surface area (Å²) in [5, 5.41) is 4.35. The molecule has 0 amide bonds. The molecule has 174 valence electrons. The number of rotatable bonds is 4. The summed E-state index contributed by atoms with van der Waals surface area (Å²) in [6.45, 7) is 2.60. The fraction of sp³-hybridized carbons (Fsp3) is 0.208. The first-order chi connectivity index (χ1) is 16.2. The normalized spacial score (nSPS) is 13.0. The highest BCUT2D eigenvalue weighted by Gasteiger charge is 2.33. The van der Waals surface area contributed by atoms with E-state index in [9.17, 15) is 18.0 Å². The van der Waals surface area contributed by atoms with Crippen molar-refractivity contribution < 1.29 is 8.42 Å². The van der Waals surface area contributed by atoms with E-state index in [0.717, 1.165) is 19.8 Å². The van der Waals surface area contributed by atoms with Crippen molar-refractivity contribution in [1.82, 2.24) is 18.3 Å². The molecule has 0 saturated carbocycles. The predicted molar refractivity (Wildman–Crippen MR) is 128 cm³/mol. The van der Waals surface area contributed by atoms with E-state index in [-0.39, 0.29) is 16.2 Å². The molecule has 1 aliphatic rings. The van der Waals surface area contributed by atoms with Crippen molar-refractivity contribution in [1.29, 1.82) is 0 Å². The van der Waals surface area contributed by atoms with Gasteiger partial charge in [0, 0.05) is 38.9 Å². The Kier molecular flexibility index (Phi) is 5.05. The average molecular weight is 478 g/mol. The van der Waals surface area contributed by atoms with Crippen LogP contribution in [0.25, 0.3) is 11.3 Å². The van der Waals surface area contributed by atoms with Gasteiger partial charge in [-0.1, -0.05) is 48.0 Å². The lowest BCUT2D eigenvalue weighted by molar-refractivity contribution is 0.580. The van der Waals surface area contributed by atoms with Crippen LogP contribution in [-0.4, -0.2) is 26.7 Å². The summed E-state index contributed by atoms with van der Waals surface area (Å²) in [5.74, 6) is 0.419. The number of benzene rings is 2. The van der Waals surface area contributed by atoms with E-state index in [1.807, 2.05) is 42.2 Å². The Morgan fingerprint density at radius 2 is 1.62 bits per heavy atom. The van der Waals surface area contributed by atoms with Gasteiger partial charge in [-0.25, -0.2) is 4.79 Å². The zero-order chi connectivity index (χ0) is 24.2. The van der Waals surface area contributed by atoms with Crippen molar-refractivity contribution in [2.75, 3.05) is 4.90 Å². The van der Waals surface area contributed by atoms with E-state index in [1.165, 1.54) is 29.9 Å². The molecular weight excluding hydrogens is 454 g/mol. The average Bonchev–Trinajstić information content (AvgIpc) is 3.26. The predicted octanol–water partition coefficient (Wildman–Crippen LogP) is 2.01. The zero-order valence-corrected chi connectivity index (χ0v) is 19.8. The SMILES string of the molecule is Cc1ccc(S(=O)(=O)n2cc3c(n2)-c2c(n(C)c(=O)n(C)c2=O)N(Cc2ccccc2)C3)cc1. The fourth-order valence-corrected chi connectivity index (χ4v) is 5.43. The lowest BCUT2D eigenvalue weighted by Gasteiger charge is -2.31. The third-order valence-corrected chi connectivity index (χ3v) is 7.63. The molecule has 0 atom stereocenters. The maximum absolute atomic E-state index is 13.3. The Labute approximate surface area is 196 Å². The number of anilines is 1. The number of aromatic nitrogens is 4. The van der Waals surface area contributed by atoms with Crippen LogP contribution in [-0.2, 0) is 37.2 Å². The second kappa shape index (κ2) is 7.84. The Morgan fingerprint density at radius 1 is 0.941 bits per heavy atom. The molecule has 2 aromatic heterocycles. The van der Waals surface area contributed by atoms with Crippen LogP contribution >= 0.6 is 0 Å². The molecule has 34 heavy (non-hydrogen) atoms. The van der Waals surface area contributed by atoms with E-state index in [2.05, 4.69) is 5.10 Å². The summed E-state index contributed by atoms with van der Waals surface area (Å²) in [4.78, 5) is 28.0.